The summed E-state index contributed by atoms with van der Waals surface area (Å²) in [5.74, 6) is 0. The van der Waals surface area contributed by atoms with Gasteiger partial charge in [-0.15, -0.1) is 0 Å². The third-order valence-electron chi connectivity index (χ3n) is 3.22. The van der Waals surface area contributed by atoms with Crippen LogP contribution < -0.4 is 11.1 Å². The summed E-state index contributed by atoms with van der Waals surface area (Å²) in [5, 5.41) is 3.30. The zero-order valence-electron chi connectivity index (χ0n) is 10.8. The normalized spacial score (nSPS) is 12.3. The van der Waals surface area contributed by atoms with Crippen molar-refractivity contribution >= 4 is 0 Å². The first-order chi connectivity index (χ1) is 8.85. The second kappa shape index (κ2) is 6.34. The molecule has 18 heavy (non-hydrogen) atoms. The summed E-state index contributed by atoms with van der Waals surface area (Å²) in [6.07, 6.45) is 0.960. The molecular weight excluding hydrogens is 220 g/mol. The van der Waals surface area contributed by atoms with E-state index >= 15 is 0 Å². The van der Waals surface area contributed by atoms with E-state index in [0.29, 0.717) is 12.6 Å². The third-order valence-corrected chi connectivity index (χ3v) is 3.22. The van der Waals surface area contributed by atoms with Gasteiger partial charge in [-0.1, -0.05) is 54.6 Å². The molecule has 94 valence electrons. The Kier molecular flexibility index (Phi) is 4.51. The second-order valence-electron chi connectivity index (χ2n) is 4.41. The van der Waals surface area contributed by atoms with Gasteiger partial charge in [-0.2, -0.15) is 0 Å². The van der Waals surface area contributed by atoms with E-state index in [-0.39, 0.29) is 0 Å². The predicted octanol–water partition coefficient (Wildman–Crippen LogP) is 2.96. The van der Waals surface area contributed by atoms with Crippen LogP contribution in [-0.4, -0.2) is 13.6 Å². The Balaban J connectivity index is 2.19. The molecular formula is C16H20N2. The topological polar surface area (TPSA) is 38.0 Å². The first-order valence-electron chi connectivity index (χ1n) is 6.38. The van der Waals surface area contributed by atoms with Gasteiger partial charge in [-0.25, -0.2) is 0 Å². The molecule has 2 heteroatoms. The highest BCUT2D eigenvalue weighted by molar-refractivity contribution is 5.63. The van der Waals surface area contributed by atoms with Crippen molar-refractivity contribution in [2.24, 2.45) is 5.73 Å². The molecule has 2 nitrogen and oxygen atoms in total. The van der Waals surface area contributed by atoms with Crippen LogP contribution in [0.4, 0.5) is 0 Å². The van der Waals surface area contributed by atoms with Crippen molar-refractivity contribution in [2.45, 2.75) is 12.5 Å². The molecule has 0 spiro atoms. The average Bonchev–Trinajstić information content (AvgIpc) is 2.46. The smallest absolute Gasteiger partial charge is 0.0329 e. The van der Waals surface area contributed by atoms with E-state index in [1.807, 2.05) is 13.1 Å². The number of rotatable bonds is 5. The predicted molar refractivity (Wildman–Crippen MR) is 77.4 cm³/mol. The number of hydrogen-bond acceptors (Lipinski definition) is 2. The summed E-state index contributed by atoms with van der Waals surface area (Å²) < 4.78 is 0. The molecule has 1 unspecified atom stereocenters. The summed E-state index contributed by atoms with van der Waals surface area (Å²) >= 11 is 0. The molecule has 2 aromatic carbocycles. The van der Waals surface area contributed by atoms with Gasteiger partial charge in [0.05, 0.1) is 0 Å². The molecule has 3 N–H and O–H groups in total. The van der Waals surface area contributed by atoms with Crippen molar-refractivity contribution in [1.82, 2.24) is 5.32 Å². The minimum Gasteiger partial charge on any atom is -0.330 e. The van der Waals surface area contributed by atoms with Gasteiger partial charge in [0.1, 0.15) is 0 Å². The highest BCUT2D eigenvalue weighted by atomic mass is 14.9. The fraction of sp³-hybridized carbons (Fsp3) is 0.250. The summed E-state index contributed by atoms with van der Waals surface area (Å²) in [7, 11) is 1.98. The molecule has 0 aromatic heterocycles. The summed E-state index contributed by atoms with van der Waals surface area (Å²) in [6.45, 7) is 0.700. The Morgan fingerprint density at radius 2 is 1.56 bits per heavy atom. The van der Waals surface area contributed by atoms with Crippen molar-refractivity contribution in [3.63, 3.8) is 0 Å². The van der Waals surface area contributed by atoms with Crippen LogP contribution in [0, 0.1) is 0 Å². The molecule has 0 amide bonds. The van der Waals surface area contributed by atoms with E-state index < -0.39 is 0 Å². The lowest BCUT2D eigenvalue weighted by atomic mass is 9.99. The van der Waals surface area contributed by atoms with Gasteiger partial charge in [0, 0.05) is 6.04 Å². The Bertz CT molecular complexity index is 462. The van der Waals surface area contributed by atoms with Gasteiger partial charge in [-0.05, 0) is 36.7 Å². The molecule has 0 aliphatic heterocycles. The summed E-state index contributed by atoms with van der Waals surface area (Å²) in [6, 6.07) is 19.5. The van der Waals surface area contributed by atoms with Crippen LogP contribution in [0.3, 0.4) is 0 Å². The van der Waals surface area contributed by atoms with Crippen LogP contribution in [0.15, 0.2) is 54.6 Å². The molecule has 1 atom stereocenters. The van der Waals surface area contributed by atoms with Crippen molar-refractivity contribution < 1.29 is 0 Å². The van der Waals surface area contributed by atoms with Gasteiger partial charge in [-0.3, -0.25) is 0 Å². The van der Waals surface area contributed by atoms with E-state index in [4.69, 9.17) is 5.73 Å². The van der Waals surface area contributed by atoms with E-state index in [1.165, 1.54) is 16.7 Å². The van der Waals surface area contributed by atoms with Crippen LogP contribution >= 0.6 is 0 Å². The molecule has 0 heterocycles. The van der Waals surface area contributed by atoms with Gasteiger partial charge in [0.25, 0.3) is 0 Å². The molecule has 0 saturated heterocycles. The van der Waals surface area contributed by atoms with Crippen molar-refractivity contribution in [1.29, 1.82) is 0 Å². The molecule has 0 aliphatic rings. The van der Waals surface area contributed by atoms with Gasteiger partial charge in [0.2, 0.25) is 0 Å². The molecule has 2 aromatic rings. The molecule has 2 rings (SSSR count). The summed E-state index contributed by atoms with van der Waals surface area (Å²) in [4.78, 5) is 0. The van der Waals surface area contributed by atoms with Gasteiger partial charge < -0.3 is 11.1 Å². The fourth-order valence-electron chi connectivity index (χ4n) is 2.18. The van der Waals surface area contributed by atoms with E-state index in [1.54, 1.807) is 0 Å². The zero-order valence-corrected chi connectivity index (χ0v) is 10.8. The Morgan fingerprint density at radius 1 is 0.944 bits per heavy atom. The number of nitrogens with one attached hydrogen (secondary N) is 1. The average molecular weight is 240 g/mol. The minimum atomic E-state index is 0.347. The maximum atomic E-state index is 5.62. The summed E-state index contributed by atoms with van der Waals surface area (Å²) in [5.41, 5.74) is 9.42. The third kappa shape index (κ3) is 2.97. The Morgan fingerprint density at radius 3 is 2.11 bits per heavy atom. The minimum absolute atomic E-state index is 0.347. The first-order valence-corrected chi connectivity index (χ1v) is 6.38. The van der Waals surface area contributed by atoms with Crippen LogP contribution in [0.25, 0.3) is 11.1 Å². The van der Waals surface area contributed by atoms with Crippen molar-refractivity contribution in [3.05, 3.63) is 60.2 Å². The zero-order chi connectivity index (χ0) is 12.8. The van der Waals surface area contributed by atoms with Crippen LogP contribution in [-0.2, 0) is 0 Å². The highest BCUT2D eigenvalue weighted by Gasteiger charge is 2.07. The first kappa shape index (κ1) is 12.8. The number of hydrogen-bond donors (Lipinski definition) is 2. The van der Waals surface area contributed by atoms with Gasteiger partial charge >= 0.3 is 0 Å². The van der Waals surface area contributed by atoms with Crippen molar-refractivity contribution in [2.75, 3.05) is 13.6 Å². The largest absolute Gasteiger partial charge is 0.330 e. The molecule has 0 bridgehead atoms. The molecule has 0 saturated carbocycles. The number of benzene rings is 2. The van der Waals surface area contributed by atoms with E-state index in [0.717, 1.165) is 6.42 Å². The number of nitrogens with two attached hydrogens (primary N) is 1. The maximum absolute atomic E-state index is 5.62. The monoisotopic (exact) mass is 240 g/mol. The quantitative estimate of drug-likeness (QED) is 0.843. The van der Waals surface area contributed by atoms with Crippen molar-refractivity contribution in [3.8, 4) is 11.1 Å². The Labute approximate surface area is 109 Å². The lowest BCUT2D eigenvalue weighted by Crippen LogP contribution is -2.19. The van der Waals surface area contributed by atoms with Gasteiger partial charge in [0.15, 0.2) is 0 Å². The lowest BCUT2D eigenvalue weighted by molar-refractivity contribution is 0.556. The second-order valence-corrected chi connectivity index (χ2v) is 4.41. The van der Waals surface area contributed by atoms with E-state index in [9.17, 15) is 0 Å². The van der Waals surface area contributed by atoms with E-state index in [2.05, 4.69) is 53.8 Å². The fourth-order valence-corrected chi connectivity index (χ4v) is 2.18. The maximum Gasteiger partial charge on any atom is 0.0329 e. The highest BCUT2D eigenvalue weighted by Crippen LogP contribution is 2.22. The standard InChI is InChI=1S/C16H20N2/c1-18-16(11-12-17)15-9-7-14(8-10-15)13-5-3-2-4-6-13/h2-10,16,18H,11-12,17H2,1H3. The lowest BCUT2D eigenvalue weighted by Gasteiger charge is -2.16. The molecule has 0 aliphatic carbocycles. The molecule has 0 fully saturated rings. The van der Waals surface area contributed by atoms with Crippen LogP contribution in [0.5, 0.6) is 0 Å². The van der Waals surface area contributed by atoms with Crippen LogP contribution in [0.2, 0.25) is 0 Å². The SMILES string of the molecule is CNC(CCN)c1ccc(-c2ccccc2)cc1. The van der Waals surface area contributed by atoms with Crippen LogP contribution in [0.1, 0.15) is 18.0 Å². The molecule has 0 radical (unpaired) electrons. The Hall–Kier alpha value is -1.64.